The molecule has 0 aromatic carbocycles. The van der Waals surface area contributed by atoms with Crippen molar-refractivity contribution >= 4 is 41.7 Å². The molecule has 88 heavy (non-hydrogen) atoms. The van der Waals surface area contributed by atoms with E-state index in [1.165, 1.54) is 84.2 Å². The molecule has 0 aromatic rings. The lowest BCUT2D eigenvalue weighted by atomic mass is 9.95. The zero-order valence-electron chi connectivity index (χ0n) is 56.5. The molecule has 0 bridgehead atoms. The third-order valence-electron chi connectivity index (χ3n) is 16.7. The molecule has 1 aliphatic heterocycles. The number of hydrogen-bond donors (Lipinski definition) is 4. The Balaban J connectivity index is 3.63. The molecule has 4 N–H and O–H groups in total. The number of unbranched alkanes of at least 4 members (excludes halogenated alkanes) is 30. The van der Waals surface area contributed by atoms with Gasteiger partial charge >= 0.3 is 29.8 Å². The number of amides is 2. The molecule has 0 spiro atoms. The van der Waals surface area contributed by atoms with Gasteiger partial charge in [0.05, 0.1) is 32.5 Å². The first kappa shape index (κ1) is 82.1. The van der Waals surface area contributed by atoms with Crippen molar-refractivity contribution in [2.45, 2.75) is 385 Å². The molecule has 1 fully saturated rings. The minimum absolute atomic E-state index is 0.200. The highest BCUT2D eigenvalue weighted by Gasteiger charge is 2.50. The smallest absolute Gasteiger partial charge is 0.328 e. The molecule has 514 valence electrons. The number of hydrogen-bond acceptors (Lipinski definition) is 15. The highest BCUT2D eigenvalue weighted by atomic mass is 16.7. The van der Waals surface area contributed by atoms with Crippen LogP contribution in [0.25, 0.3) is 0 Å². The SMILES string of the molecule is CCCCCCCCCCCC(CC(=O)NC(COC1OC(CO)C(OC)C(OC(=O)CC(CCCCCCCCCCC)OC(=O)CCCCC)C1NC(=O)CC(CCCCCCCCCCC)OC(=O)CCCCC)C(=O)O)OC(=O)CCCCC. The van der Waals surface area contributed by atoms with Crippen LogP contribution >= 0.6 is 0 Å². The Labute approximate surface area is 533 Å². The maximum Gasteiger partial charge on any atom is 0.328 e. The van der Waals surface area contributed by atoms with Gasteiger partial charge in [-0.1, -0.05) is 234 Å². The second-order valence-corrected chi connectivity index (χ2v) is 24.9. The summed E-state index contributed by atoms with van der Waals surface area (Å²) in [6.07, 6.45) is 29.4. The first-order chi connectivity index (χ1) is 42.7. The number of carbonyl (C=O) groups is 7. The number of carbonyl (C=O) groups excluding carboxylic acids is 6. The van der Waals surface area contributed by atoms with Crippen molar-refractivity contribution in [1.29, 1.82) is 0 Å². The van der Waals surface area contributed by atoms with E-state index in [1.807, 2.05) is 20.8 Å². The average Bonchev–Trinajstić information content (AvgIpc) is 2.89. The predicted molar refractivity (Wildman–Crippen MR) is 345 cm³/mol. The van der Waals surface area contributed by atoms with Crippen LogP contribution in [-0.4, -0.2) is 127 Å². The summed E-state index contributed by atoms with van der Waals surface area (Å²) in [5.41, 5.74) is 0. The largest absolute Gasteiger partial charge is 0.480 e. The lowest BCUT2D eigenvalue weighted by Crippen LogP contribution is -2.66. The van der Waals surface area contributed by atoms with Crippen molar-refractivity contribution in [2.24, 2.45) is 0 Å². The molecule has 1 rings (SSSR count). The normalized spacial score (nSPS) is 18.0. The molecule has 0 radical (unpaired) electrons. The van der Waals surface area contributed by atoms with Gasteiger partial charge in [-0.3, -0.25) is 28.8 Å². The zero-order chi connectivity index (χ0) is 64.8. The summed E-state index contributed by atoms with van der Waals surface area (Å²) in [4.78, 5) is 95.1. The molecular formula is C70H128N2O16. The number of carboxylic acid groups (broad SMARTS) is 1. The fourth-order valence-electron chi connectivity index (χ4n) is 11.4. The molecule has 0 aliphatic carbocycles. The number of aliphatic hydroxyl groups is 1. The maximum absolute atomic E-state index is 14.5. The Morgan fingerprint density at radius 1 is 0.432 bits per heavy atom. The van der Waals surface area contributed by atoms with Gasteiger partial charge in [-0.15, -0.1) is 0 Å². The summed E-state index contributed by atoms with van der Waals surface area (Å²) in [6, 6.07) is -3.08. The molecular weight excluding hydrogens is 1120 g/mol. The minimum atomic E-state index is -1.67. The van der Waals surface area contributed by atoms with E-state index in [4.69, 9.17) is 33.2 Å². The second-order valence-electron chi connectivity index (χ2n) is 24.9. The topological polar surface area (TPSA) is 249 Å². The lowest BCUT2D eigenvalue weighted by Gasteiger charge is -2.45. The summed E-state index contributed by atoms with van der Waals surface area (Å²) in [5, 5.41) is 26.8. The van der Waals surface area contributed by atoms with Crippen LogP contribution in [0.1, 0.15) is 330 Å². The van der Waals surface area contributed by atoms with Gasteiger partial charge in [0.1, 0.15) is 36.6 Å². The van der Waals surface area contributed by atoms with Crippen molar-refractivity contribution in [2.75, 3.05) is 20.3 Å². The minimum Gasteiger partial charge on any atom is -0.480 e. The van der Waals surface area contributed by atoms with Gasteiger partial charge < -0.3 is 54.0 Å². The molecule has 18 nitrogen and oxygen atoms in total. The van der Waals surface area contributed by atoms with Crippen LogP contribution in [0, 0.1) is 0 Å². The molecule has 1 saturated heterocycles. The lowest BCUT2D eigenvalue weighted by molar-refractivity contribution is -0.278. The molecule has 0 aromatic heterocycles. The van der Waals surface area contributed by atoms with Gasteiger partial charge in [-0.25, -0.2) is 4.79 Å². The summed E-state index contributed by atoms with van der Waals surface area (Å²) in [5.74, 6) is -4.77. The van der Waals surface area contributed by atoms with Gasteiger partial charge in [0.15, 0.2) is 18.4 Å². The van der Waals surface area contributed by atoms with Crippen LogP contribution in [-0.2, 0) is 66.7 Å². The van der Waals surface area contributed by atoms with Gasteiger partial charge in [-0.05, 0) is 57.8 Å². The maximum atomic E-state index is 14.5. The van der Waals surface area contributed by atoms with E-state index >= 15 is 0 Å². The number of aliphatic hydroxyl groups excluding tert-OH is 1. The number of esters is 4. The fourth-order valence-corrected chi connectivity index (χ4v) is 11.4. The summed E-state index contributed by atoms with van der Waals surface area (Å²) in [6.45, 7) is 11.3. The van der Waals surface area contributed by atoms with Crippen molar-refractivity contribution in [3.63, 3.8) is 0 Å². The Hall–Kier alpha value is -3.87. The van der Waals surface area contributed by atoms with Crippen LogP contribution in [0.5, 0.6) is 0 Å². The first-order valence-corrected chi connectivity index (χ1v) is 35.7. The molecule has 9 atom stereocenters. The van der Waals surface area contributed by atoms with E-state index in [9.17, 15) is 43.8 Å². The van der Waals surface area contributed by atoms with Gasteiger partial charge in [0.2, 0.25) is 11.8 Å². The molecule has 0 saturated carbocycles. The Bertz CT molecular complexity index is 1790. The zero-order valence-corrected chi connectivity index (χ0v) is 56.5. The Kier molecular flexibility index (Phi) is 52.2. The first-order valence-electron chi connectivity index (χ1n) is 35.7. The van der Waals surface area contributed by atoms with E-state index in [0.29, 0.717) is 51.4 Å². The summed E-state index contributed by atoms with van der Waals surface area (Å²) >= 11 is 0. The predicted octanol–water partition coefficient (Wildman–Crippen LogP) is 15.1. The average molecular weight is 1250 g/mol. The number of rotatable bonds is 60. The van der Waals surface area contributed by atoms with E-state index < -0.39 is 110 Å². The highest BCUT2D eigenvalue weighted by Crippen LogP contribution is 2.29. The highest BCUT2D eigenvalue weighted by molar-refractivity contribution is 5.84. The van der Waals surface area contributed by atoms with Crippen LogP contribution in [0.15, 0.2) is 0 Å². The van der Waals surface area contributed by atoms with Gasteiger partial charge in [0.25, 0.3) is 0 Å². The quantitative estimate of drug-likeness (QED) is 0.0251. The van der Waals surface area contributed by atoms with Crippen LogP contribution in [0.3, 0.4) is 0 Å². The molecule has 18 heteroatoms. The number of ether oxygens (including phenoxy) is 7. The molecule has 9 unspecified atom stereocenters. The third-order valence-corrected chi connectivity index (χ3v) is 16.7. The summed E-state index contributed by atoms with van der Waals surface area (Å²) in [7, 11) is 1.34. The Morgan fingerprint density at radius 3 is 1.12 bits per heavy atom. The standard InChI is InChI=1S/C70H128N2O16/c1-8-14-20-23-26-29-32-35-41-44-55(84-62(76)47-38-17-11-4)50-60(74)71-58(69(80)81)54-83-70-66(72-61(75)51-56(85-63(77)48-39-18-12-5)45-42-36-33-30-27-24-21-15-9-2)68(67(82-7)59(53-73)87-70)88-65(79)52-57(86-64(78)49-40-19-13-6)46-43-37-34-31-28-25-22-16-10-3/h55-59,66-68,70,73H,8-54H2,1-7H3,(H,71,74)(H,72,75)(H,80,81). The van der Waals surface area contributed by atoms with Gasteiger partial charge in [0, 0.05) is 26.4 Å². The van der Waals surface area contributed by atoms with Crippen molar-refractivity contribution in [3.05, 3.63) is 0 Å². The van der Waals surface area contributed by atoms with Crippen LogP contribution < -0.4 is 10.6 Å². The molecule has 2 amide bonds. The van der Waals surface area contributed by atoms with Crippen molar-refractivity contribution < 1.29 is 76.9 Å². The van der Waals surface area contributed by atoms with Crippen molar-refractivity contribution in [1.82, 2.24) is 10.6 Å². The fraction of sp³-hybridized carbons (Fsp3) is 0.900. The number of carboxylic acids is 1. The second kappa shape index (κ2) is 55.9. The van der Waals surface area contributed by atoms with Crippen LogP contribution in [0.2, 0.25) is 0 Å². The third kappa shape index (κ3) is 42.2. The van der Waals surface area contributed by atoms with Crippen LogP contribution in [0.4, 0.5) is 0 Å². The Morgan fingerprint density at radius 2 is 0.773 bits per heavy atom. The number of nitrogens with one attached hydrogen (secondary N) is 2. The number of methoxy groups -OCH3 is 1. The monoisotopic (exact) mass is 1250 g/mol. The molecule has 1 heterocycles. The van der Waals surface area contributed by atoms with E-state index in [1.54, 1.807) is 0 Å². The molecule has 1 aliphatic rings. The summed E-state index contributed by atoms with van der Waals surface area (Å²) < 4.78 is 42.5. The van der Waals surface area contributed by atoms with E-state index in [-0.39, 0.29) is 38.5 Å². The van der Waals surface area contributed by atoms with Gasteiger partial charge in [-0.2, -0.15) is 0 Å². The number of aliphatic carboxylic acids is 1. The van der Waals surface area contributed by atoms with E-state index in [0.717, 1.165) is 122 Å². The van der Waals surface area contributed by atoms with Crippen molar-refractivity contribution in [3.8, 4) is 0 Å². The van der Waals surface area contributed by atoms with E-state index in [2.05, 4.69) is 31.4 Å².